The molecule has 3 rings (SSSR count). The zero-order valence-electron chi connectivity index (χ0n) is 14.6. The monoisotopic (exact) mass is 374 g/mol. The lowest BCUT2D eigenvalue weighted by molar-refractivity contribution is -0.126. The highest BCUT2D eigenvalue weighted by Crippen LogP contribution is 2.15. The van der Waals surface area contributed by atoms with Crippen LogP contribution in [0.15, 0.2) is 53.7 Å². The van der Waals surface area contributed by atoms with E-state index in [0.29, 0.717) is 25.9 Å². The normalized spacial score (nSPS) is 16.3. The van der Waals surface area contributed by atoms with Crippen molar-refractivity contribution in [2.24, 2.45) is 7.05 Å². The number of rotatable bonds is 5. The Morgan fingerprint density at radius 3 is 2.54 bits per heavy atom. The van der Waals surface area contributed by atoms with Gasteiger partial charge in [-0.3, -0.25) is 9.48 Å². The fourth-order valence-electron chi connectivity index (χ4n) is 2.90. The number of likely N-dealkylation sites (tertiary alicyclic amines) is 1. The van der Waals surface area contributed by atoms with E-state index in [1.54, 1.807) is 52.2 Å². The fraction of sp³-hybridized carbons (Fsp3) is 0.333. The number of benzene rings is 1. The van der Waals surface area contributed by atoms with Gasteiger partial charge in [0.2, 0.25) is 15.9 Å². The topological polar surface area (TPSA) is 84.3 Å². The number of hydrogen-bond donors (Lipinski definition) is 1. The minimum atomic E-state index is -3.52. The molecule has 0 aliphatic carbocycles. The summed E-state index contributed by atoms with van der Waals surface area (Å²) in [6.45, 7) is 1.05. The van der Waals surface area contributed by atoms with Crippen LogP contribution in [0.5, 0.6) is 0 Å². The Bertz CT molecular complexity index is 882. The van der Waals surface area contributed by atoms with Gasteiger partial charge in [0.05, 0.1) is 11.1 Å². The van der Waals surface area contributed by atoms with Gasteiger partial charge in [-0.25, -0.2) is 13.1 Å². The maximum Gasteiger partial charge on any atom is 0.246 e. The maximum atomic E-state index is 12.4. The summed E-state index contributed by atoms with van der Waals surface area (Å²) in [5.41, 5.74) is 0.867. The molecule has 0 unspecified atom stereocenters. The van der Waals surface area contributed by atoms with Gasteiger partial charge < -0.3 is 4.90 Å². The molecule has 8 heteroatoms. The first-order valence-electron chi connectivity index (χ1n) is 8.47. The minimum absolute atomic E-state index is 0.0711. The zero-order chi connectivity index (χ0) is 18.6. The fourth-order valence-corrected chi connectivity index (χ4v) is 4.23. The molecule has 0 saturated carbocycles. The average molecular weight is 374 g/mol. The van der Waals surface area contributed by atoms with Crippen molar-refractivity contribution in [3.05, 3.63) is 54.4 Å². The van der Waals surface area contributed by atoms with Crippen molar-refractivity contribution in [1.29, 1.82) is 0 Å². The maximum absolute atomic E-state index is 12.4. The van der Waals surface area contributed by atoms with Gasteiger partial charge in [-0.2, -0.15) is 5.10 Å². The second kappa shape index (κ2) is 7.84. The Balaban J connectivity index is 1.52. The highest BCUT2D eigenvalue weighted by molar-refractivity contribution is 7.89. The van der Waals surface area contributed by atoms with Crippen LogP contribution in [0.2, 0.25) is 0 Å². The van der Waals surface area contributed by atoms with E-state index in [9.17, 15) is 13.2 Å². The molecule has 1 amide bonds. The van der Waals surface area contributed by atoms with E-state index in [-0.39, 0.29) is 16.8 Å². The summed E-state index contributed by atoms with van der Waals surface area (Å²) in [5.74, 6) is -0.0711. The molecule has 2 heterocycles. The van der Waals surface area contributed by atoms with Crippen LogP contribution < -0.4 is 4.72 Å². The van der Waals surface area contributed by atoms with Crippen molar-refractivity contribution >= 4 is 22.0 Å². The average Bonchev–Trinajstić information content (AvgIpc) is 3.06. The number of amides is 1. The lowest BCUT2D eigenvalue weighted by Crippen LogP contribution is -2.46. The van der Waals surface area contributed by atoms with Crippen LogP contribution in [0.1, 0.15) is 18.4 Å². The third kappa shape index (κ3) is 4.59. The number of piperidine rings is 1. The number of sulfonamides is 1. The van der Waals surface area contributed by atoms with Gasteiger partial charge in [-0.15, -0.1) is 0 Å². The van der Waals surface area contributed by atoms with E-state index >= 15 is 0 Å². The third-order valence-corrected chi connectivity index (χ3v) is 5.86. The molecule has 1 saturated heterocycles. The Kier molecular flexibility index (Phi) is 5.53. The predicted molar refractivity (Wildman–Crippen MR) is 98.6 cm³/mol. The molecule has 7 nitrogen and oxygen atoms in total. The number of carbonyl (C=O) groups is 1. The molecule has 1 aromatic carbocycles. The predicted octanol–water partition coefficient (Wildman–Crippen LogP) is 1.40. The van der Waals surface area contributed by atoms with Gasteiger partial charge >= 0.3 is 0 Å². The van der Waals surface area contributed by atoms with Crippen molar-refractivity contribution in [2.45, 2.75) is 23.8 Å². The highest BCUT2D eigenvalue weighted by atomic mass is 32.2. The second-order valence-electron chi connectivity index (χ2n) is 6.31. The summed E-state index contributed by atoms with van der Waals surface area (Å²) in [6, 6.07) is 8.16. The van der Waals surface area contributed by atoms with Gasteiger partial charge in [0.25, 0.3) is 0 Å². The molecule has 26 heavy (non-hydrogen) atoms. The lowest BCUT2D eigenvalue weighted by atomic mass is 10.1. The Hall–Kier alpha value is -2.45. The number of nitrogens with zero attached hydrogens (tertiary/aromatic N) is 3. The molecule has 1 fully saturated rings. The third-order valence-electron chi connectivity index (χ3n) is 4.33. The number of aryl methyl sites for hydroxylation is 1. The minimum Gasteiger partial charge on any atom is -0.339 e. The summed E-state index contributed by atoms with van der Waals surface area (Å²) in [7, 11) is -1.70. The van der Waals surface area contributed by atoms with Crippen LogP contribution in [0.3, 0.4) is 0 Å². The molecular formula is C18H22N4O3S. The summed E-state index contributed by atoms with van der Waals surface area (Å²) < 4.78 is 29.1. The molecule has 0 bridgehead atoms. The van der Waals surface area contributed by atoms with Crippen LogP contribution >= 0.6 is 0 Å². The summed E-state index contributed by atoms with van der Waals surface area (Å²) >= 11 is 0. The molecule has 138 valence electrons. The van der Waals surface area contributed by atoms with E-state index in [1.807, 2.05) is 13.2 Å². The zero-order valence-corrected chi connectivity index (χ0v) is 15.4. The van der Waals surface area contributed by atoms with Crippen molar-refractivity contribution in [3.63, 3.8) is 0 Å². The SMILES string of the molecule is Cn1cc(/C=C/C(=O)N2CCC(NS(=O)(=O)c3ccccc3)CC2)cn1. The van der Waals surface area contributed by atoms with Gasteiger partial charge in [-0.1, -0.05) is 18.2 Å². The van der Waals surface area contributed by atoms with Crippen molar-refractivity contribution < 1.29 is 13.2 Å². The largest absolute Gasteiger partial charge is 0.339 e. The van der Waals surface area contributed by atoms with Crippen molar-refractivity contribution in [3.8, 4) is 0 Å². The molecule has 0 atom stereocenters. The molecule has 1 aromatic heterocycles. The first-order chi connectivity index (χ1) is 12.4. The van der Waals surface area contributed by atoms with Crippen molar-refractivity contribution in [2.75, 3.05) is 13.1 Å². The first kappa shape index (κ1) is 18.3. The Morgan fingerprint density at radius 1 is 1.23 bits per heavy atom. The van der Waals surface area contributed by atoms with Crippen LogP contribution in [-0.2, 0) is 21.9 Å². The molecule has 1 aliphatic heterocycles. The molecule has 1 aliphatic rings. The van der Waals surface area contributed by atoms with E-state index in [2.05, 4.69) is 9.82 Å². The number of hydrogen-bond acceptors (Lipinski definition) is 4. The quantitative estimate of drug-likeness (QED) is 0.802. The van der Waals surface area contributed by atoms with E-state index in [4.69, 9.17) is 0 Å². The standard InChI is InChI=1S/C18H22N4O3S/c1-21-14-15(13-19-21)7-8-18(23)22-11-9-16(10-12-22)20-26(24,25)17-5-3-2-4-6-17/h2-8,13-14,16,20H,9-12H2,1H3/b8-7+. The van der Waals surface area contributed by atoms with Gasteiger partial charge in [0.1, 0.15) is 0 Å². The van der Waals surface area contributed by atoms with Gasteiger partial charge in [0.15, 0.2) is 0 Å². The number of nitrogens with one attached hydrogen (secondary N) is 1. The lowest BCUT2D eigenvalue weighted by Gasteiger charge is -2.31. The second-order valence-corrected chi connectivity index (χ2v) is 8.03. The molecule has 2 aromatic rings. The smallest absolute Gasteiger partial charge is 0.246 e. The summed E-state index contributed by atoms with van der Waals surface area (Å²) in [4.78, 5) is 14.3. The van der Waals surface area contributed by atoms with Crippen LogP contribution in [0.4, 0.5) is 0 Å². The molecule has 0 radical (unpaired) electrons. The van der Waals surface area contributed by atoms with E-state index in [1.165, 1.54) is 6.08 Å². The molecular weight excluding hydrogens is 352 g/mol. The van der Waals surface area contributed by atoms with Gasteiger partial charge in [-0.05, 0) is 31.1 Å². The molecule has 1 N–H and O–H groups in total. The highest BCUT2D eigenvalue weighted by Gasteiger charge is 2.25. The van der Waals surface area contributed by atoms with Gasteiger partial charge in [0, 0.05) is 44.0 Å². The van der Waals surface area contributed by atoms with Crippen LogP contribution in [-0.4, -0.2) is 48.1 Å². The summed E-state index contributed by atoms with van der Waals surface area (Å²) in [6.07, 6.45) is 7.98. The van der Waals surface area contributed by atoms with Crippen LogP contribution in [0.25, 0.3) is 6.08 Å². The van der Waals surface area contributed by atoms with Crippen molar-refractivity contribution in [1.82, 2.24) is 19.4 Å². The number of aromatic nitrogens is 2. The Labute approximate surface area is 153 Å². The summed E-state index contributed by atoms with van der Waals surface area (Å²) in [5, 5.41) is 4.05. The van der Waals surface area contributed by atoms with E-state index < -0.39 is 10.0 Å². The Morgan fingerprint density at radius 2 is 1.92 bits per heavy atom. The first-order valence-corrected chi connectivity index (χ1v) is 9.95. The van der Waals surface area contributed by atoms with Crippen LogP contribution in [0, 0.1) is 0 Å². The molecule has 0 spiro atoms. The van der Waals surface area contributed by atoms with E-state index in [0.717, 1.165) is 5.56 Å². The number of carbonyl (C=O) groups excluding carboxylic acids is 1.